The first-order valence-electron chi connectivity index (χ1n) is 16.2. The molecule has 3 nitrogen and oxygen atoms in total. The summed E-state index contributed by atoms with van der Waals surface area (Å²) in [5, 5.41) is 3.71. The summed E-state index contributed by atoms with van der Waals surface area (Å²) in [6, 6.07) is 37.2. The Balaban J connectivity index is 1.56. The lowest BCUT2D eigenvalue weighted by molar-refractivity contribution is -0.142. The van der Waals surface area contributed by atoms with E-state index in [1.54, 1.807) is 0 Å². The van der Waals surface area contributed by atoms with Gasteiger partial charge in [-0.3, -0.25) is 4.79 Å². The van der Waals surface area contributed by atoms with Gasteiger partial charge in [0.25, 0.3) is 8.32 Å². The van der Waals surface area contributed by atoms with E-state index >= 15 is 0 Å². The highest BCUT2D eigenvalue weighted by Crippen LogP contribution is 2.46. The second-order valence-electron chi connectivity index (χ2n) is 13.5. The molecule has 4 aromatic rings. The maximum atomic E-state index is 14.1. The largest absolute Gasteiger partial charge is 0.407 e. The first-order chi connectivity index (χ1) is 22.1. The molecule has 4 aromatic carbocycles. The average molecular weight is 671 g/mol. The van der Waals surface area contributed by atoms with E-state index in [-0.39, 0.29) is 34.9 Å². The predicted molar refractivity (Wildman–Crippen MR) is 196 cm³/mol. The first kappa shape index (κ1) is 34.2. The number of amides is 1. The summed E-state index contributed by atoms with van der Waals surface area (Å²) in [5.41, 5.74) is 2.21. The summed E-state index contributed by atoms with van der Waals surface area (Å²) in [6.45, 7) is 13.7. The van der Waals surface area contributed by atoms with Crippen molar-refractivity contribution in [3.05, 3.63) is 143 Å². The van der Waals surface area contributed by atoms with E-state index < -0.39 is 8.32 Å². The normalized spacial score (nSPS) is 18.7. The van der Waals surface area contributed by atoms with Gasteiger partial charge in [-0.05, 0) is 70.6 Å². The van der Waals surface area contributed by atoms with Gasteiger partial charge in [-0.1, -0.05) is 135 Å². The third-order valence-corrected chi connectivity index (χ3v) is 15.1. The molecule has 0 N–H and O–H groups in total. The molecule has 1 aliphatic heterocycles. The van der Waals surface area contributed by atoms with E-state index in [1.165, 1.54) is 10.4 Å². The van der Waals surface area contributed by atoms with Crippen LogP contribution in [0.25, 0.3) is 0 Å². The summed E-state index contributed by atoms with van der Waals surface area (Å²) in [6.07, 6.45) is 3.91. The third kappa shape index (κ3) is 7.06. The molecule has 240 valence electrons. The fraction of sp³-hybridized carbons (Fsp3) is 0.325. The quantitative estimate of drug-likeness (QED) is 0.118. The standard InChI is InChI=1S/C40H45Cl2NO2Si/c1-6-14-32(28-45-46(40(3,4)5,35-17-9-7-10-18-35)36-19-11-8-12-20-36)29(2)43-38(44)26-25-37(31-15-13-16-34(42)27-31)39(43)30-21-23-33(41)24-22-30/h6-13,15-24,27,29,32,37,39H,1,14,25-26,28H2,2-5H3/t29-,32+,37?,39?/m1/s1. The zero-order valence-electron chi connectivity index (χ0n) is 27.3. The van der Waals surface area contributed by atoms with Crippen LogP contribution in [0.5, 0.6) is 0 Å². The van der Waals surface area contributed by atoms with Crippen molar-refractivity contribution in [3.63, 3.8) is 0 Å². The lowest BCUT2D eigenvalue weighted by atomic mass is 9.78. The summed E-state index contributed by atoms with van der Waals surface area (Å²) in [7, 11) is -2.78. The van der Waals surface area contributed by atoms with Crippen molar-refractivity contribution in [2.24, 2.45) is 5.92 Å². The van der Waals surface area contributed by atoms with E-state index in [0.717, 1.165) is 24.0 Å². The van der Waals surface area contributed by atoms with Crippen LogP contribution in [0.1, 0.15) is 70.0 Å². The van der Waals surface area contributed by atoms with Gasteiger partial charge in [-0.15, -0.1) is 6.58 Å². The first-order valence-corrected chi connectivity index (χ1v) is 18.9. The molecule has 5 rings (SSSR count). The number of carbonyl (C=O) groups is 1. The molecule has 0 bridgehead atoms. The van der Waals surface area contributed by atoms with Gasteiger partial charge in [0.05, 0.1) is 6.04 Å². The predicted octanol–water partition coefficient (Wildman–Crippen LogP) is 9.60. The van der Waals surface area contributed by atoms with Crippen molar-refractivity contribution >= 4 is 47.8 Å². The minimum absolute atomic E-state index is 0.0241. The van der Waals surface area contributed by atoms with Gasteiger partial charge in [-0.25, -0.2) is 0 Å². The smallest absolute Gasteiger partial charge is 0.261 e. The van der Waals surface area contributed by atoms with E-state index in [2.05, 4.69) is 118 Å². The zero-order chi connectivity index (χ0) is 32.9. The Morgan fingerprint density at radius 1 is 0.870 bits per heavy atom. The molecule has 46 heavy (non-hydrogen) atoms. The van der Waals surface area contributed by atoms with Crippen molar-refractivity contribution < 1.29 is 9.22 Å². The molecule has 0 spiro atoms. The fourth-order valence-electron chi connectivity index (χ4n) is 7.37. The van der Waals surface area contributed by atoms with E-state index in [9.17, 15) is 4.79 Å². The molecule has 1 saturated heterocycles. The molecule has 0 aliphatic carbocycles. The minimum Gasteiger partial charge on any atom is -0.407 e. The van der Waals surface area contributed by atoms with Crippen molar-refractivity contribution in [2.45, 2.75) is 70.0 Å². The van der Waals surface area contributed by atoms with Crippen LogP contribution in [0, 0.1) is 5.92 Å². The molecular formula is C40H45Cl2NO2Si. The maximum Gasteiger partial charge on any atom is 0.261 e. The third-order valence-electron chi connectivity index (χ3n) is 9.65. The van der Waals surface area contributed by atoms with Crippen molar-refractivity contribution in [3.8, 4) is 0 Å². The SMILES string of the molecule is C=CC[C@@H](CO[Si](c1ccccc1)(c1ccccc1)C(C)(C)C)[C@@H](C)N1C(=O)CCC(c2cccc(Cl)c2)C1c1ccc(Cl)cc1. The Hall–Kier alpha value is -3.15. The number of hydrogen-bond donors (Lipinski definition) is 0. The number of hydrogen-bond acceptors (Lipinski definition) is 2. The fourth-order valence-corrected chi connectivity index (χ4v) is 12.3. The van der Waals surface area contributed by atoms with Gasteiger partial charge in [0, 0.05) is 41.0 Å². The van der Waals surface area contributed by atoms with Crippen molar-refractivity contribution in [1.82, 2.24) is 4.90 Å². The highest BCUT2D eigenvalue weighted by Gasteiger charge is 2.51. The van der Waals surface area contributed by atoms with Gasteiger partial charge in [0.15, 0.2) is 0 Å². The Kier molecular flexibility index (Phi) is 10.9. The van der Waals surface area contributed by atoms with Crippen LogP contribution in [0.4, 0.5) is 0 Å². The maximum absolute atomic E-state index is 14.1. The summed E-state index contributed by atoms with van der Waals surface area (Å²) >= 11 is 12.8. The van der Waals surface area contributed by atoms with Crippen LogP contribution in [-0.4, -0.2) is 31.8 Å². The number of piperidine rings is 1. The van der Waals surface area contributed by atoms with E-state index in [1.807, 2.05) is 36.4 Å². The van der Waals surface area contributed by atoms with E-state index in [0.29, 0.717) is 23.1 Å². The topological polar surface area (TPSA) is 29.5 Å². The van der Waals surface area contributed by atoms with Crippen molar-refractivity contribution in [2.75, 3.05) is 6.61 Å². The van der Waals surface area contributed by atoms with Gasteiger partial charge in [-0.2, -0.15) is 0 Å². The van der Waals surface area contributed by atoms with Crippen molar-refractivity contribution in [1.29, 1.82) is 0 Å². The Morgan fingerprint density at radius 3 is 2.02 bits per heavy atom. The number of carbonyl (C=O) groups excluding carboxylic acids is 1. The number of rotatable bonds is 11. The van der Waals surface area contributed by atoms with Crippen LogP contribution in [0.2, 0.25) is 15.1 Å². The summed E-state index contributed by atoms with van der Waals surface area (Å²) in [5.74, 6) is 0.267. The Morgan fingerprint density at radius 2 is 1.48 bits per heavy atom. The molecular weight excluding hydrogens is 625 g/mol. The molecule has 2 unspecified atom stereocenters. The van der Waals surface area contributed by atoms with E-state index in [4.69, 9.17) is 27.6 Å². The number of benzene rings is 4. The second kappa shape index (κ2) is 14.7. The Bertz CT molecular complexity index is 1560. The number of nitrogens with zero attached hydrogens (tertiary/aromatic N) is 1. The average Bonchev–Trinajstić information content (AvgIpc) is 3.05. The van der Waals surface area contributed by atoms with Gasteiger partial charge in [0.2, 0.25) is 5.91 Å². The van der Waals surface area contributed by atoms with Gasteiger partial charge < -0.3 is 9.33 Å². The highest BCUT2D eigenvalue weighted by molar-refractivity contribution is 6.99. The number of halogens is 2. The molecule has 1 heterocycles. The van der Waals surface area contributed by atoms with Gasteiger partial charge >= 0.3 is 0 Å². The molecule has 0 aromatic heterocycles. The highest BCUT2D eigenvalue weighted by atomic mass is 35.5. The van der Waals surface area contributed by atoms with Crippen LogP contribution < -0.4 is 10.4 Å². The summed E-state index contributed by atoms with van der Waals surface area (Å²) < 4.78 is 7.43. The summed E-state index contributed by atoms with van der Waals surface area (Å²) in [4.78, 5) is 16.2. The van der Waals surface area contributed by atoms with Crippen LogP contribution in [0.3, 0.4) is 0 Å². The van der Waals surface area contributed by atoms with Crippen LogP contribution in [0.15, 0.2) is 122 Å². The van der Waals surface area contributed by atoms with Crippen LogP contribution in [-0.2, 0) is 9.22 Å². The molecule has 6 heteroatoms. The minimum atomic E-state index is -2.78. The molecule has 1 aliphatic rings. The van der Waals surface area contributed by atoms with Crippen LogP contribution >= 0.6 is 23.2 Å². The molecule has 0 radical (unpaired) electrons. The lowest BCUT2D eigenvalue weighted by Crippen LogP contribution is -2.67. The molecule has 1 amide bonds. The number of likely N-dealkylation sites (tertiary alicyclic amines) is 1. The Labute approximate surface area is 286 Å². The second-order valence-corrected chi connectivity index (χ2v) is 18.7. The number of allylic oxidation sites excluding steroid dienone is 1. The molecule has 4 atom stereocenters. The zero-order valence-corrected chi connectivity index (χ0v) is 29.8. The molecule has 0 saturated carbocycles. The molecule has 1 fully saturated rings. The van der Waals surface area contributed by atoms with Gasteiger partial charge in [0.1, 0.15) is 0 Å². The monoisotopic (exact) mass is 669 g/mol. The lowest BCUT2D eigenvalue weighted by Gasteiger charge is -2.48.